The molecule has 1 heterocycles. The van der Waals surface area contributed by atoms with Crippen LogP contribution in [0, 0.1) is 0 Å². The zero-order valence-corrected chi connectivity index (χ0v) is 23.3. The molecule has 3 aromatic rings. The van der Waals surface area contributed by atoms with E-state index in [1.807, 2.05) is 59.6 Å². The van der Waals surface area contributed by atoms with Crippen molar-refractivity contribution in [2.45, 2.75) is 32.9 Å². The van der Waals surface area contributed by atoms with E-state index in [0.717, 1.165) is 35.1 Å². The summed E-state index contributed by atoms with van der Waals surface area (Å²) in [6.07, 6.45) is 7.23. The minimum Gasteiger partial charge on any atom is -0.383 e. The Morgan fingerprint density at radius 2 is 1.73 bits per heavy atom. The Morgan fingerprint density at radius 1 is 0.973 bits per heavy atom. The van der Waals surface area contributed by atoms with E-state index in [4.69, 9.17) is 4.74 Å². The van der Waals surface area contributed by atoms with E-state index >= 15 is 0 Å². The van der Waals surface area contributed by atoms with Crippen molar-refractivity contribution in [1.82, 2.24) is 14.4 Å². The first-order chi connectivity index (χ1) is 18.0. The molecule has 0 atom stereocenters. The number of methoxy groups -OCH3 is 1. The third-order valence-corrected chi connectivity index (χ3v) is 6.63. The first kappa shape index (κ1) is 28.4. The van der Waals surface area contributed by atoms with Crippen molar-refractivity contribution in [2.24, 2.45) is 0 Å². The van der Waals surface area contributed by atoms with Crippen LogP contribution in [0.25, 0.3) is 6.08 Å². The molecule has 0 aliphatic carbocycles. The van der Waals surface area contributed by atoms with Crippen LogP contribution in [0.4, 0.5) is 0 Å². The average molecular weight is 567 g/mol. The van der Waals surface area contributed by atoms with Crippen LogP contribution in [0.15, 0.2) is 83.5 Å². The van der Waals surface area contributed by atoms with Gasteiger partial charge in [0.1, 0.15) is 6.54 Å². The molecule has 196 valence electrons. The summed E-state index contributed by atoms with van der Waals surface area (Å²) in [5.74, 6) is -0.272. The summed E-state index contributed by atoms with van der Waals surface area (Å²) in [4.78, 5) is 29.9. The van der Waals surface area contributed by atoms with Gasteiger partial charge >= 0.3 is 0 Å². The van der Waals surface area contributed by atoms with E-state index in [9.17, 15) is 9.59 Å². The monoisotopic (exact) mass is 565 g/mol. The number of ether oxygens (including phenoxy) is 1. The number of amides is 2. The second-order valence-corrected chi connectivity index (χ2v) is 9.84. The second kappa shape index (κ2) is 15.2. The molecule has 0 saturated carbocycles. The first-order valence-corrected chi connectivity index (χ1v) is 13.5. The van der Waals surface area contributed by atoms with Gasteiger partial charge < -0.3 is 19.1 Å². The van der Waals surface area contributed by atoms with Crippen molar-refractivity contribution in [2.75, 3.05) is 33.4 Å². The van der Waals surface area contributed by atoms with Crippen LogP contribution in [-0.4, -0.2) is 59.5 Å². The number of rotatable bonds is 14. The Hall–Kier alpha value is -3.16. The number of aromatic nitrogens is 1. The third kappa shape index (κ3) is 9.34. The molecule has 2 aromatic carbocycles. The summed E-state index contributed by atoms with van der Waals surface area (Å²) in [6, 6.07) is 22.0. The predicted octanol–water partition coefficient (Wildman–Crippen LogP) is 5.62. The van der Waals surface area contributed by atoms with E-state index in [-0.39, 0.29) is 18.4 Å². The predicted molar refractivity (Wildman–Crippen MR) is 152 cm³/mol. The third-order valence-electron chi connectivity index (χ3n) is 6.10. The Morgan fingerprint density at radius 3 is 2.43 bits per heavy atom. The van der Waals surface area contributed by atoms with Gasteiger partial charge in [0.25, 0.3) is 0 Å². The number of carbonyl (C=O) groups is 2. The van der Waals surface area contributed by atoms with Crippen molar-refractivity contribution in [3.05, 3.63) is 100 Å². The van der Waals surface area contributed by atoms with E-state index in [0.29, 0.717) is 26.2 Å². The van der Waals surface area contributed by atoms with Gasteiger partial charge in [-0.1, -0.05) is 71.7 Å². The lowest BCUT2D eigenvalue weighted by atomic mass is 10.2. The largest absolute Gasteiger partial charge is 0.383 e. The lowest BCUT2D eigenvalue weighted by Crippen LogP contribution is -2.44. The average Bonchev–Trinajstić information content (AvgIpc) is 3.35. The van der Waals surface area contributed by atoms with Gasteiger partial charge in [-0.15, -0.1) is 0 Å². The second-order valence-electron chi connectivity index (χ2n) is 8.92. The zero-order valence-electron chi connectivity index (χ0n) is 21.7. The molecule has 0 N–H and O–H groups in total. The molecular formula is C30H36BrN3O3. The summed E-state index contributed by atoms with van der Waals surface area (Å²) in [6.45, 7) is 4.71. The molecule has 37 heavy (non-hydrogen) atoms. The molecule has 7 heteroatoms. The van der Waals surface area contributed by atoms with Gasteiger partial charge in [-0.05, 0) is 47.9 Å². The summed E-state index contributed by atoms with van der Waals surface area (Å²) < 4.78 is 8.43. The van der Waals surface area contributed by atoms with Crippen molar-refractivity contribution in [1.29, 1.82) is 0 Å². The zero-order chi connectivity index (χ0) is 26.5. The maximum absolute atomic E-state index is 13.5. The number of carbonyl (C=O) groups excluding carboxylic acids is 2. The SMILES string of the molecule is CCCCN(Cc1cccn1Cc1ccc(Br)cc1)C(=O)CN(CCOC)C(=O)C=Cc1ccccc1. The van der Waals surface area contributed by atoms with Gasteiger partial charge in [-0.3, -0.25) is 9.59 Å². The molecule has 2 amide bonds. The van der Waals surface area contributed by atoms with Gasteiger partial charge in [0.05, 0.1) is 13.2 Å². The molecule has 0 bridgehead atoms. The molecule has 0 radical (unpaired) electrons. The fourth-order valence-corrected chi connectivity index (χ4v) is 4.20. The Balaban J connectivity index is 1.71. The molecular weight excluding hydrogens is 530 g/mol. The maximum atomic E-state index is 13.5. The topological polar surface area (TPSA) is 54.8 Å². The normalized spacial score (nSPS) is 11.1. The number of hydrogen-bond acceptors (Lipinski definition) is 3. The number of nitrogens with zero attached hydrogens (tertiary/aromatic N) is 3. The van der Waals surface area contributed by atoms with Crippen LogP contribution < -0.4 is 0 Å². The minimum absolute atomic E-state index is 0.0124. The molecule has 1 aromatic heterocycles. The summed E-state index contributed by atoms with van der Waals surface area (Å²) >= 11 is 3.49. The Bertz CT molecular complexity index is 1140. The number of benzene rings is 2. The summed E-state index contributed by atoms with van der Waals surface area (Å²) in [7, 11) is 1.59. The standard InChI is InChI=1S/C30H36BrN3O3/c1-3-4-18-33(23-28-11-8-19-32(28)22-26-12-15-27(31)16-13-26)30(36)24-34(20-21-37-2)29(35)17-14-25-9-6-5-7-10-25/h5-17,19H,3-4,18,20-24H2,1-2H3. The smallest absolute Gasteiger partial charge is 0.247 e. The van der Waals surface area contributed by atoms with Gasteiger partial charge in [-0.2, -0.15) is 0 Å². The van der Waals surface area contributed by atoms with Gasteiger partial charge in [0.15, 0.2) is 0 Å². The maximum Gasteiger partial charge on any atom is 0.247 e. The molecule has 0 fully saturated rings. The molecule has 0 unspecified atom stereocenters. The summed E-state index contributed by atoms with van der Waals surface area (Å²) in [5.41, 5.74) is 3.18. The highest BCUT2D eigenvalue weighted by atomic mass is 79.9. The highest BCUT2D eigenvalue weighted by Crippen LogP contribution is 2.15. The quantitative estimate of drug-likeness (QED) is 0.238. The van der Waals surface area contributed by atoms with E-state index < -0.39 is 0 Å². The molecule has 0 aliphatic rings. The highest BCUT2D eigenvalue weighted by molar-refractivity contribution is 9.10. The Labute approximate surface area is 228 Å². The van der Waals surface area contributed by atoms with Crippen molar-refractivity contribution in [3.63, 3.8) is 0 Å². The first-order valence-electron chi connectivity index (χ1n) is 12.7. The number of halogens is 1. The highest BCUT2D eigenvalue weighted by Gasteiger charge is 2.21. The molecule has 3 rings (SSSR count). The number of unbranched alkanes of at least 4 members (excludes halogenated alkanes) is 1. The fourth-order valence-electron chi connectivity index (χ4n) is 3.94. The van der Waals surface area contributed by atoms with Crippen molar-refractivity contribution in [3.8, 4) is 0 Å². The lowest BCUT2D eigenvalue weighted by molar-refractivity contribution is -0.139. The van der Waals surface area contributed by atoms with Crippen LogP contribution in [0.1, 0.15) is 36.6 Å². The Kier molecular flexibility index (Phi) is 11.7. The van der Waals surface area contributed by atoms with Gasteiger partial charge in [-0.25, -0.2) is 0 Å². The van der Waals surface area contributed by atoms with E-state index in [1.54, 1.807) is 18.1 Å². The molecule has 0 spiro atoms. The van der Waals surface area contributed by atoms with Crippen LogP contribution >= 0.6 is 15.9 Å². The minimum atomic E-state index is -0.205. The van der Waals surface area contributed by atoms with Crippen LogP contribution in [0.5, 0.6) is 0 Å². The van der Waals surface area contributed by atoms with Crippen LogP contribution in [-0.2, 0) is 27.4 Å². The molecule has 0 aliphatic heterocycles. The van der Waals surface area contributed by atoms with Crippen LogP contribution in [0.2, 0.25) is 0 Å². The van der Waals surface area contributed by atoms with E-state index in [2.05, 4.69) is 45.6 Å². The number of hydrogen-bond donors (Lipinski definition) is 0. The fraction of sp³-hybridized carbons (Fsp3) is 0.333. The molecule has 0 saturated heterocycles. The van der Waals surface area contributed by atoms with Crippen molar-refractivity contribution < 1.29 is 14.3 Å². The summed E-state index contributed by atoms with van der Waals surface area (Å²) in [5, 5.41) is 0. The molecule has 6 nitrogen and oxygen atoms in total. The van der Waals surface area contributed by atoms with E-state index in [1.165, 1.54) is 11.6 Å². The lowest BCUT2D eigenvalue weighted by Gasteiger charge is -2.27. The van der Waals surface area contributed by atoms with Crippen molar-refractivity contribution >= 4 is 33.8 Å². The van der Waals surface area contributed by atoms with Gasteiger partial charge in [0.2, 0.25) is 11.8 Å². The van der Waals surface area contributed by atoms with Crippen LogP contribution in [0.3, 0.4) is 0 Å². The van der Waals surface area contributed by atoms with Gasteiger partial charge in [0, 0.05) is 49.2 Å².